The fraction of sp³-hybridized carbons (Fsp3) is 0.333. The molecule has 2 aromatic carbocycles. The van der Waals surface area contributed by atoms with Gasteiger partial charge in [-0.1, -0.05) is 12.2 Å². The van der Waals surface area contributed by atoms with Crippen LogP contribution in [0.5, 0.6) is 11.5 Å². The molecule has 34 heavy (non-hydrogen) atoms. The van der Waals surface area contributed by atoms with E-state index in [1.54, 1.807) is 24.3 Å². The number of esters is 2. The fourth-order valence-electron chi connectivity index (χ4n) is 3.93. The molecular formula is C24H28N4O6. The third kappa shape index (κ3) is 4.80. The van der Waals surface area contributed by atoms with Gasteiger partial charge in [0.2, 0.25) is 0 Å². The van der Waals surface area contributed by atoms with Gasteiger partial charge >= 0.3 is 11.9 Å². The Hall–Kier alpha value is -4.08. The summed E-state index contributed by atoms with van der Waals surface area (Å²) in [5, 5.41) is 6.76. The highest BCUT2D eigenvalue weighted by Crippen LogP contribution is 2.37. The zero-order valence-electron chi connectivity index (χ0n) is 19.1. The minimum Gasteiger partial charge on any atom is -0.489 e. The first kappa shape index (κ1) is 23.1. The minimum atomic E-state index is -0.461. The molecule has 0 amide bonds. The summed E-state index contributed by atoms with van der Waals surface area (Å²) in [7, 11) is 2.64. The van der Waals surface area contributed by atoms with Gasteiger partial charge in [-0.25, -0.2) is 9.59 Å². The molecular weight excluding hydrogens is 440 g/mol. The van der Waals surface area contributed by atoms with E-state index in [9.17, 15) is 9.59 Å². The van der Waals surface area contributed by atoms with E-state index in [-0.39, 0.29) is 12.1 Å². The van der Waals surface area contributed by atoms with E-state index in [4.69, 9.17) is 30.4 Å². The summed E-state index contributed by atoms with van der Waals surface area (Å²) < 4.78 is 21.1. The molecule has 0 aromatic heterocycles. The predicted molar refractivity (Wildman–Crippen MR) is 129 cm³/mol. The van der Waals surface area contributed by atoms with Gasteiger partial charge < -0.3 is 41.0 Å². The largest absolute Gasteiger partial charge is 0.489 e. The lowest BCUT2D eigenvalue weighted by Crippen LogP contribution is -2.32. The number of nitrogens with two attached hydrogens (primary N) is 2. The summed E-state index contributed by atoms with van der Waals surface area (Å²) in [6, 6.07) is 6.49. The van der Waals surface area contributed by atoms with Crippen LogP contribution in [0.15, 0.2) is 36.4 Å². The molecule has 10 nitrogen and oxygen atoms in total. The number of methoxy groups -OCH3 is 2. The molecule has 2 aliphatic rings. The maximum atomic E-state index is 11.8. The molecule has 0 spiro atoms. The molecule has 0 radical (unpaired) electrons. The second kappa shape index (κ2) is 9.82. The van der Waals surface area contributed by atoms with Gasteiger partial charge in [-0.15, -0.1) is 0 Å². The lowest BCUT2D eigenvalue weighted by Gasteiger charge is -2.29. The molecule has 0 aliphatic carbocycles. The van der Waals surface area contributed by atoms with Crippen molar-refractivity contribution in [3.8, 4) is 11.5 Å². The standard InChI is InChI=1S/C24H28N4O6/c1-31-23(29)13-7-17(25)21-19(9-13)33-11-15(27-21)5-3-4-6-16-12-34-20-10-14(24(30)32-2)8-18(26)22(20)28-16/h3-4,7-10,15-16,27-28H,5-6,11-12,25-26H2,1-2H3/b4-3-/t15-,16-/m0/s1. The second-order valence-electron chi connectivity index (χ2n) is 8.11. The van der Waals surface area contributed by atoms with Gasteiger partial charge in [0.1, 0.15) is 36.1 Å². The number of ether oxygens (including phenoxy) is 4. The van der Waals surface area contributed by atoms with Crippen LogP contribution in [-0.4, -0.2) is 51.5 Å². The van der Waals surface area contributed by atoms with E-state index in [0.29, 0.717) is 58.6 Å². The molecule has 0 fully saturated rings. The van der Waals surface area contributed by atoms with E-state index in [0.717, 1.165) is 12.8 Å². The van der Waals surface area contributed by atoms with E-state index in [1.807, 2.05) is 0 Å². The first-order valence-electron chi connectivity index (χ1n) is 10.9. The summed E-state index contributed by atoms with van der Waals surface area (Å²) in [4.78, 5) is 23.5. The Bertz CT molecular complexity index is 1050. The van der Waals surface area contributed by atoms with Crippen molar-refractivity contribution in [2.75, 3.05) is 49.5 Å². The molecule has 2 atom stereocenters. The highest BCUT2D eigenvalue weighted by atomic mass is 16.5. The second-order valence-corrected chi connectivity index (χ2v) is 8.11. The van der Waals surface area contributed by atoms with Crippen molar-refractivity contribution < 1.29 is 28.5 Å². The molecule has 180 valence electrons. The number of benzene rings is 2. The van der Waals surface area contributed by atoms with Crippen molar-refractivity contribution in [3.63, 3.8) is 0 Å². The highest BCUT2D eigenvalue weighted by Gasteiger charge is 2.24. The Balaban J connectivity index is 1.31. The van der Waals surface area contributed by atoms with Gasteiger partial charge in [0.05, 0.1) is 48.8 Å². The number of carbonyl (C=O) groups is 2. The zero-order valence-corrected chi connectivity index (χ0v) is 19.1. The third-order valence-corrected chi connectivity index (χ3v) is 5.69. The smallest absolute Gasteiger partial charge is 0.338 e. The van der Waals surface area contributed by atoms with Crippen molar-refractivity contribution in [1.82, 2.24) is 0 Å². The number of anilines is 4. The topological polar surface area (TPSA) is 147 Å². The number of rotatable bonds is 6. The third-order valence-electron chi connectivity index (χ3n) is 5.69. The minimum absolute atomic E-state index is 0.0405. The van der Waals surface area contributed by atoms with Gasteiger partial charge in [-0.05, 0) is 37.1 Å². The van der Waals surface area contributed by atoms with Gasteiger partial charge in [0.15, 0.2) is 0 Å². The van der Waals surface area contributed by atoms with Gasteiger partial charge in [-0.2, -0.15) is 0 Å². The van der Waals surface area contributed by atoms with Crippen LogP contribution in [0, 0.1) is 0 Å². The lowest BCUT2D eigenvalue weighted by atomic mass is 10.1. The average Bonchev–Trinajstić information content (AvgIpc) is 2.85. The Kier molecular flexibility index (Phi) is 6.67. The van der Waals surface area contributed by atoms with Gasteiger partial charge in [0, 0.05) is 0 Å². The molecule has 0 saturated carbocycles. The molecule has 2 aliphatic heterocycles. The van der Waals surface area contributed by atoms with Crippen LogP contribution in [0.25, 0.3) is 0 Å². The molecule has 0 bridgehead atoms. The van der Waals surface area contributed by atoms with Gasteiger partial charge in [0.25, 0.3) is 0 Å². The normalized spacial score (nSPS) is 18.4. The number of fused-ring (bicyclic) bond motifs is 2. The van der Waals surface area contributed by atoms with Crippen molar-refractivity contribution in [3.05, 3.63) is 47.5 Å². The SMILES string of the molecule is COC(=O)c1cc(N)c2c(c1)OC[C@H](C/C=C\C[C@H]1COc3cc(C(=O)OC)cc(N)c3N1)N2. The van der Waals surface area contributed by atoms with E-state index >= 15 is 0 Å². The Morgan fingerprint density at radius 1 is 0.853 bits per heavy atom. The summed E-state index contributed by atoms with van der Waals surface area (Å²) in [5.74, 6) is 0.153. The summed E-state index contributed by atoms with van der Waals surface area (Å²) in [5.41, 5.74) is 15.1. The maximum Gasteiger partial charge on any atom is 0.338 e. The van der Waals surface area contributed by atoms with E-state index < -0.39 is 11.9 Å². The monoisotopic (exact) mass is 468 g/mol. The molecule has 2 aromatic rings. The van der Waals surface area contributed by atoms with Crippen molar-refractivity contribution >= 4 is 34.7 Å². The average molecular weight is 469 g/mol. The maximum absolute atomic E-state index is 11.8. The van der Waals surface area contributed by atoms with E-state index in [1.165, 1.54) is 14.2 Å². The van der Waals surface area contributed by atoms with Crippen LogP contribution < -0.4 is 31.6 Å². The Labute approximate surface area is 197 Å². The van der Waals surface area contributed by atoms with Crippen LogP contribution in [0.2, 0.25) is 0 Å². The predicted octanol–water partition coefficient (Wildman–Crippen LogP) is 2.81. The molecule has 4 rings (SSSR count). The quantitative estimate of drug-likeness (QED) is 0.283. The summed E-state index contributed by atoms with van der Waals surface area (Å²) in [6.07, 6.45) is 5.61. The van der Waals surface area contributed by atoms with E-state index in [2.05, 4.69) is 22.8 Å². The van der Waals surface area contributed by atoms with Crippen LogP contribution in [0.4, 0.5) is 22.7 Å². The first-order chi connectivity index (χ1) is 16.4. The van der Waals surface area contributed by atoms with Crippen LogP contribution in [0.1, 0.15) is 33.6 Å². The zero-order chi connectivity index (χ0) is 24.2. The molecule has 0 saturated heterocycles. The van der Waals surface area contributed by atoms with Gasteiger partial charge in [-0.3, -0.25) is 0 Å². The van der Waals surface area contributed by atoms with Crippen molar-refractivity contribution in [1.29, 1.82) is 0 Å². The first-order valence-corrected chi connectivity index (χ1v) is 10.9. The fourth-order valence-corrected chi connectivity index (χ4v) is 3.93. The molecule has 2 heterocycles. The summed E-state index contributed by atoms with van der Waals surface area (Å²) >= 11 is 0. The molecule has 10 heteroatoms. The molecule has 0 unspecified atom stereocenters. The Morgan fingerprint density at radius 3 is 1.65 bits per heavy atom. The van der Waals surface area contributed by atoms with Crippen LogP contribution in [0.3, 0.4) is 0 Å². The van der Waals surface area contributed by atoms with Crippen molar-refractivity contribution in [2.24, 2.45) is 0 Å². The highest BCUT2D eigenvalue weighted by molar-refractivity contribution is 5.94. The number of carbonyl (C=O) groups excluding carboxylic acids is 2. The number of hydrogen-bond acceptors (Lipinski definition) is 10. The van der Waals surface area contributed by atoms with Crippen LogP contribution >= 0.6 is 0 Å². The number of nitrogen functional groups attached to an aromatic ring is 2. The van der Waals surface area contributed by atoms with Crippen LogP contribution in [-0.2, 0) is 9.47 Å². The van der Waals surface area contributed by atoms with Crippen molar-refractivity contribution in [2.45, 2.75) is 24.9 Å². The lowest BCUT2D eigenvalue weighted by molar-refractivity contribution is 0.0591. The number of nitrogens with one attached hydrogen (secondary N) is 2. The Morgan fingerprint density at radius 2 is 1.26 bits per heavy atom. The number of hydrogen-bond donors (Lipinski definition) is 4. The summed E-state index contributed by atoms with van der Waals surface area (Å²) in [6.45, 7) is 0.886. The molecule has 6 N–H and O–H groups in total.